The summed E-state index contributed by atoms with van der Waals surface area (Å²) in [6.45, 7) is 2.56. The maximum absolute atomic E-state index is 12.3. The third-order valence-electron chi connectivity index (χ3n) is 3.17. The van der Waals surface area contributed by atoms with Crippen molar-refractivity contribution >= 4 is 21.4 Å². The van der Waals surface area contributed by atoms with E-state index in [1.54, 1.807) is 6.07 Å². The van der Waals surface area contributed by atoms with E-state index in [2.05, 4.69) is 10.0 Å². The Balaban J connectivity index is 2.22. The lowest BCUT2D eigenvalue weighted by Gasteiger charge is -2.38. The van der Waals surface area contributed by atoms with E-state index in [1.165, 1.54) is 11.3 Å². The fourth-order valence-electron chi connectivity index (χ4n) is 2.05. The van der Waals surface area contributed by atoms with Gasteiger partial charge in [-0.15, -0.1) is 11.3 Å². The summed E-state index contributed by atoms with van der Waals surface area (Å²) < 4.78 is 27.4. The minimum atomic E-state index is -3.37. The van der Waals surface area contributed by atoms with Crippen LogP contribution in [0.1, 0.15) is 31.1 Å². The van der Waals surface area contributed by atoms with Crippen molar-refractivity contribution in [1.29, 1.82) is 0 Å². The quantitative estimate of drug-likeness (QED) is 0.859. The highest BCUT2D eigenvalue weighted by atomic mass is 32.2. The Labute approximate surface area is 106 Å². The Morgan fingerprint density at radius 2 is 2.18 bits per heavy atom. The highest BCUT2D eigenvalue weighted by Crippen LogP contribution is 2.33. The molecule has 1 aromatic heterocycles. The molecular weight excluding hydrogens is 256 g/mol. The molecule has 6 heteroatoms. The van der Waals surface area contributed by atoms with E-state index in [0.717, 1.165) is 24.1 Å². The Hall–Kier alpha value is -0.430. The zero-order valence-electron chi connectivity index (χ0n) is 10.1. The van der Waals surface area contributed by atoms with Gasteiger partial charge in [0.1, 0.15) is 0 Å². The zero-order valence-corrected chi connectivity index (χ0v) is 11.7. The van der Waals surface area contributed by atoms with Gasteiger partial charge in [0.05, 0.1) is 4.90 Å². The van der Waals surface area contributed by atoms with Crippen molar-refractivity contribution in [1.82, 2.24) is 10.0 Å². The summed E-state index contributed by atoms with van der Waals surface area (Å²) in [5.41, 5.74) is -0.238. The van der Waals surface area contributed by atoms with E-state index in [9.17, 15) is 8.42 Å². The van der Waals surface area contributed by atoms with Crippen LogP contribution in [0.15, 0.2) is 16.3 Å². The number of hydrogen-bond donors (Lipinski definition) is 2. The molecule has 0 saturated heterocycles. The standard InChI is InChI=1S/C11H18N2O2S2/c1-11(5-3-6-11)13-17(14,15)10-4-7-16-9(10)8-12-2/h4,7,12-13H,3,5-6,8H2,1-2H3. The number of nitrogens with one attached hydrogen (secondary N) is 2. The van der Waals surface area contributed by atoms with Gasteiger partial charge >= 0.3 is 0 Å². The fraction of sp³-hybridized carbons (Fsp3) is 0.636. The SMILES string of the molecule is CNCc1sccc1S(=O)(=O)NC1(C)CCC1. The van der Waals surface area contributed by atoms with Crippen molar-refractivity contribution in [3.63, 3.8) is 0 Å². The van der Waals surface area contributed by atoms with Crippen LogP contribution < -0.4 is 10.0 Å². The molecule has 2 N–H and O–H groups in total. The summed E-state index contributed by atoms with van der Waals surface area (Å²) in [5, 5.41) is 4.82. The summed E-state index contributed by atoms with van der Waals surface area (Å²) in [5.74, 6) is 0. The van der Waals surface area contributed by atoms with Gasteiger partial charge in [-0.25, -0.2) is 13.1 Å². The van der Waals surface area contributed by atoms with E-state index in [0.29, 0.717) is 11.4 Å². The lowest BCUT2D eigenvalue weighted by molar-refractivity contribution is 0.248. The van der Waals surface area contributed by atoms with Gasteiger partial charge in [-0.1, -0.05) is 0 Å². The first kappa shape index (κ1) is 13.0. The molecule has 1 fully saturated rings. The minimum Gasteiger partial charge on any atom is -0.315 e. The molecule has 0 bridgehead atoms. The zero-order chi connectivity index (χ0) is 12.5. The van der Waals surface area contributed by atoms with E-state index < -0.39 is 10.0 Å². The van der Waals surface area contributed by atoms with Gasteiger partial charge in [0.25, 0.3) is 0 Å². The molecule has 1 aliphatic rings. The number of rotatable bonds is 5. The van der Waals surface area contributed by atoms with Crippen molar-refractivity contribution in [2.45, 2.75) is 43.2 Å². The Bertz CT molecular complexity index is 489. The molecule has 1 aromatic rings. The number of sulfonamides is 1. The summed E-state index contributed by atoms with van der Waals surface area (Å²) in [6, 6.07) is 1.68. The molecule has 2 rings (SSSR count). The maximum Gasteiger partial charge on any atom is 0.242 e. The van der Waals surface area contributed by atoms with Crippen LogP contribution in [-0.4, -0.2) is 21.0 Å². The lowest BCUT2D eigenvalue weighted by atomic mass is 9.80. The second-order valence-corrected chi connectivity index (χ2v) is 7.41. The third kappa shape index (κ3) is 2.70. The Morgan fingerprint density at radius 1 is 1.47 bits per heavy atom. The van der Waals surface area contributed by atoms with Crippen LogP contribution in [0.2, 0.25) is 0 Å². The predicted molar refractivity (Wildman–Crippen MR) is 69.7 cm³/mol. The summed E-state index contributed by atoms with van der Waals surface area (Å²) in [4.78, 5) is 1.29. The molecule has 0 unspecified atom stereocenters. The van der Waals surface area contributed by atoms with E-state index in [1.807, 2.05) is 19.4 Å². The van der Waals surface area contributed by atoms with Gasteiger partial charge in [0.2, 0.25) is 10.0 Å². The van der Waals surface area contributed by atoms with E-state index in [-0.39, 0.29) is 5.54 Å². The maximum atomic E-state index is 12.3. The van der Waals surface area contributed by atoms with Crippen LogP contribution in [0.25, 0.3) is 0 Å². The molecule has 1 heterocycles. The first-order chi connectivity index (χ1) is 7.97. The van der Waals surface area contributed by atoms with Crippen LogP contribution in [0.4, 0.5) is 0 Å². The summed E-state index contributed by atoms with van der Waals surface area (Å²) in [7, 11) is -1.55. The Morgan fingerprint density at radius 3 is 2.71 bits per heavy atom. The largest absolute Gasteiger partial charge is 0.315 e. The van der Waals surface area contributed by atoms with Gasteiger partial charge in [-0.2, -0.15) is 0 Å². The molecule has 1 aliphatic carbocycles. The lowest BCUT2D eigenvalue weighted by Crippen LogP contribution is -2.50. The topological polar surface area (TPSA) is 58.2 Å². The van der Waals surface area contributed by atoms with Gasteiger partial charge in [-0.05, 0) is 44.7 Å². The van der Waals surface area contributed by atoms with Crippen LogP contribution in [0, 0.1) is 0 Å². The van der Waals surface area contributed by atoms with Crippen LogP contribution in [-0.2, 0) is 16.6 Å². The molecule has 0 radical (unpaired) electrons. The van der Waals surface area contributed by atoms with Crippen molar-refractivity contribution in [3.05, 3.63) is 16.3 Å². The molecule has 0 aromatic carbocycles. The van der Waals surface area contributed by atoms with Crippen molar-refractivity contribution < 1.29 is 8.42 Å². The summed E-state index contributed by atoms with van der Waals surface area (Å²) in [6.07, 6.45) is 2.96. The fourth-order valence-corrected chi connectivity index (χ4v) is 4.97. The molecule has 0 aliphatic heterocycles. The molecule has 0 atom stereocenters. The normalized spacial score (nSPS) is 18.9. The first-order valence-electron chi connectivity index (χ1n) is 5.72. The predicted octanol–water partition coefficient (Wildman–Crippen LogP) is 1.69. The van der Waals surface area contributed by atoms with Crippen molar-refractivity contribution in [3.8, 4) is 0 Å². The van der Waals surface area contributed by atoms with Crippen LogP contribution in [0.3, 0.4) is 0 Å². The van der Waals surface area contributed by atoms with E-state index >= 15 is 0 Å². The smallest absolute Gasteiger partial charge is 0.242 e. The molecule has 96 valence electrons. The molecule has 0 spiro atoms. The van der Waals surface area contributed by atoms with Gasteiger partial charge in [0, 0.05) is 17.0 Å². The summed E-state index contributed by atoms with van der Waals surface area (Å²) >= 11 is 1.47. The van der Waals surface area contributed by atoms with Crippen LogP contribution in [0.5, 0.6) is 0 Å². The third-order valence-corrected chi connectivity index (χ3v) is 5.94. The second-order valence-electron chi connectivity index (χ2n) is 4.76. The average Bonchev–Trinajstić information content (AvgIpc) is 2.64. The average molecular weight is 274 g/mol. The molecule has 4 nitrogen and oxygen atoms in total. The first-order valence-corrected chi connectivity index (χ1v) is 8.08. The Kier molecular flexibility index (Phi) is 3.58. The van der Waals surface area contributed by atoms with Crippen molar-refractivity contribution in [2.75, 3.05) is 7.05 Å². The van der Waals surface area contributed by atoms with Crippen molar-refractivity contribution in [2.24, 2.45) is 0 Å². The molecule has 17 heavy (non-hydrogen) atoms. The molecular formula is C11H18N2O2S2. The monoisotopic (exact) mass is 274 g/mol. The second kappa shape index (κ2) is 4.68. The number of hydrogen-bond acceptors (Lipinski definition) is 4. The van der Waals surface area contributed by atoms with Gasteiger partial charge < -0.3 is 5.32 Å². The highest BCUT2D eigenvalue weighted by Gasteiger charge is 2.36. The van der Waals surface area contributed by atoms with E-state index in [4.69, 9.17) is 0 Å². The number of thiophene rings is 1. The highest BCUT2D eigenvalue weighted by molar-refractivity contribution is 7.89. The molecule has 1 saturated carbocycles. The van der Waals surface area contributed by atoms with Gasteiger partial charge in [0.15, 0.2) is 0 Å². The minimum absolute atomic E-state index is 0.238. The molecule has 0 amide bonds. The van der Waals surface area contributed by atoms with Crippen LogP contribution >= 0.6 is 11.3 Å². The van der Waals surface area contributed by atoms with Gasteiger partial charge in [-0.3, -0.25) is 0 Å².